The van der Waals surface area contributed by atoms with Crippen molar-refractivity contribution >= 4 is 26.9 Å². The second-order valence-corrected chi connectivity index (χ2v) is 8.40. The van der Waals surface area contributed by atoms with Crippen molar-refractivity contribution in [3.8, 4) is 0 Å². The summed E-state index contributed by atoms with van der Waals surface area (Å²) in [5.74, 6) is -0.213. The number of amides is 1. The van der Waals surface area contributed by atoms with Crippen LogP contribution in [0.25, 0.3) is 11.0 Å². The Morgan fingerprint density at radius 1 is 1.16 bits per heavy atom. The molecular formula is C17H18N2O5S. The fourth-order valence-corrected chi connectivity index (χ4v) is 4.85. The van der Waals surface area contributed by atoms with Crippen LogP contribution in [0.2, 0.25) is 0 Å². The molecule has 25 heavy (non-hydrogen) atoms. The second kappa shape index (κ2) is 5.96. The minimum atomic E-state index is -3.80. The molecule has 132 valence electrons. The molecule has 2 fully saturated rings. The number of hydrogen-bond donors (Lipinski definition) is 1. The van der Waals surface area contributed by atoms with Crippen LogP contribution in [0, 0.1) is 0 Å². The Morgan fingerprint density at radius 2 is 1.96 bits per heavy atom. The molecule has 4 rings (SSSR count). The number of benzene rings is 1. The predicted molar refractivity (Wildman–Crippen MR) is 90.6 cm³/mol. The molecule has 1 aromatic carbocycles. The Bertz CT molecular complexity index is 994. The van der Waals surface area contributed by atoms with Crippen LogP contribution in [0.5, 0.6) is 0 Å². The minimum Gasteiger partial charge on any atom is -0.423 e. The van der Waals surface area contributed by atoms with Crippen LogP contribution in [0.4, 0.5) is 0 Å². The molecular weight excluding hydrogens is 344 g/mol. The Kier molecular flexibility index (Phi) is 3.88. The highest BCUT2D eigenvalue weighted by molar-refractivity contribution is 7.89. The Labute approximate surface area is 144 Å². The smallest absolute Gasteiger partial charge is 0.336 e. The van der Waals surface area contributed by atoms with Gasteiger partial charge in [0.1, 0.15) is 11.6 Å². The number of nitrogens with zero attached hydrogens (tertiary/aromatic N) is 1. The Morgan fingerprint density at radius 3 is 2.72 bits per heavy atom. The van der Waals surface area contributed by atoms with E-state index in [0.29, 0.717) is 30.4 Å². The average molecular weight is 362 g/mol. The Hall–Kier alpha value is -2.19. The number of rotatable bonds is 4. The highest BCUT2D eigenvalue weighted by Gasteiger charge is 2.40. The van der Waals surface area contributed by atoms with Crippen molar-refractivity contribution in [1.82, 2.24) is 9.62 Å². The van der Waals surface area contributed by atoms with Gasteiger partial charge in [-0.25, -0.2) is 13.2 Å². The normalized spacial score (nSPS) is 21.5. The summed E-state index contributed by atoms with van der Waals surface area (Å²) < 4.78 is 32.3. The summed E-state index contributed by atoms with van der Waals surface area (Å²) in [5, 5.41) is 3.42. The molecule has 0 radical (unpaired) electrons. The van der Waals surface area contributed by atoms with E-state index in [9.17, 15) is 18.0 Å². The summed E-state index contributed by atoms with van der Waals surface area (Å²) in [6.45, 7) is 0.326. The zero-order chi connectivity index (χ0) is 17.6. The maximum Gasteiger partial charge on any atom is 0.336 e. The summed E-state index contributed by atoms with van der Waals surface area (Å²) in [5.41, 5.74) is -0.157. The van der Waals surface area contributed by atoms with E-state index in [0.717, 1.165) is 12.8 Å². The molecule has 1 atom stereocenters. The van der Waals surface area contributed by atoms with Crippen molar-refractivity contribution in [1.29, 1.82) is 0 Å². The molecule has 7 nitrogen and oxygen atoms in total. The van der Waals surface area contributed by atoms with E-state index in [1.54, 1.807) is 0 Å². The third-order valence-electron chi connectivity index (χ3n) is 4.63. The summed E-state index contributed by atoms with van der Waals surface area (Å²) >= 11 is 0. The largest absolute Gasteiger partial charge is 0.423 e. The molecule has 2 aliphatic rings. The number of sulfonamides is 1. The van der Waals surface area contributed by atoms with E-state index in [1.807, 2.05) is 0 Å². The van der Waals surface area contributed by atoms with Gasteiger partial charge in [0.2, 0.25) is 15.9 Å². The topological polar surface area (TPSA) is 96.7 Å². The lowest BCUT2D eigenvalue weighted by Crippen LogP contribution is -2.46. The van der Waals surface area contributed by atoms with Gasteiger partial charge in [0.05, 0.1) is 4.90 Å². The fraction of sp³-hybridized carbons (Fsp3) is 0.412. The maximum atomic E-state index is 13.0. The standard InChI is InChI=1S/C17H18N2O5S/c20-16-8-3-11-10-13(6-7-15(11)24-16)25(22,23)19-9-1-2-14(19)17(21)18-12-4-5-12/h3,6-8,10,12,14H,1-2,4-5,9H2,(H,18,21). The second-order valence-electron chi connectivity index (χ2n) is 6.51. The molecule has 2 aromatic rings. The fourth-order valence-electron chi connectivity index (χ4n) is 3.16. The predicted octanol–water partition coefficient (Wildman–Crippen LogP) is 1.22. The van der Waals surface area contributed by atoms with Crippen molar-refractivity contribution in [2.45, 2.75) is 42.7 Å². The van der Waals surface area contributed by atoms with Crippen molar-refractivity contribution in [3.05, 3.63) is 40.8 Å². The molecule has 1 saturated carbocycles. The molecule has 2 heterocycles. The third kappa shape index (κ3) is 3.07. The number of fused-ring (bicyclic) bond motifs is 1. The zero-order valence-electron chi connectivity index (χ0n) is 13.5. The van der Waals surface area contributed by atoms with Crippen molar-refractivity contribution in [3.63, 3.8) is 0 Å². The molecule has 1 unspecified atom stereocenters. The maximum absolute atomic E-state index is 13.0. The summed E-state index contributed by atoms with van der Waals surface area (Å²) in [6, 6.07) is 6.67. The van der Waals surface area contributed by atoms with Gasteiger partial charge >= 0.3 is 5.63 Å². The van der Waals surface area contributed by atoms with Crippen molar-refractivity contribution in [2.24, 2.45) is 0 Å². The zero-order valence-corrected chi connectivity index (χ0v) is 14.3. The van der Waals surface area contributed by atoms with Gasteiger partial charge in [-0.2, -0.15) is 4.31 Å². The summed E-state index contributed by atoms with van der Waals surface area (Å²) in [7, 11) is -3.80. The van der Waals surface area contributed by atoms with E-state index >= 15 is 0 Å². The molecule has 1 aliphatic heterocycles. The first kappa shape index (κ1) is 16.3. The van der Waals surface area contributed by atoms with E-state index in [2.05, 4.69) is 5.32 Å². The monoisotopic (exact) mass is 362 g/mol. The van der Waals surface area contributed by atoms with Gasteiger partial charge in [-0.3, -0.25) is 4.79 Å². The van der Waals surface area contributed by atoms with E-state index in [-0.39, 0.29) is 16.8 Å². The van der Waals surface area contributed by atoms with Crippen LogP contribution in [-0.4, -0.2) is 37.3 Å². The number of hydrogen-bond acceptors (Lipinski definition) is 5. The van der Waals surface area contributed by atoms with Crippen LogP contribution >= 0.6 is 0 Å². The molecule has 1 N–H and O–H groups in total. The van der Waals surface area contributed by atoms with Crippen LogP contribution < -0.4 is 10.9 Å². The van der Waals surface area contributed by atoms with Gasteiger partial charge in [0.25, 0.3) is 0 Å². The van der Waals surface area contributed by atoms with E-state index < -0.39 is 21.7 Å². The Balaban J connectivity index is 1.66. The lowest BCUT2D eigenvalue weighted by molar-refractivity contribution is -0.124. The third-order valence-corrected chi connectivity index (χ3v) is 6.53. The quantitative estimate of drug-likeness (QED) is 0.825. The highest BCUT2D eigenvalue weighted by atomic mass is 32.2. The number of nitrogens with one attached hydrogen (secondary N) is 1. The molecule has 0 spiro atoms. The van der Waals surface area contributed by atoms with Gasteiger partial charge in [0.15, 0.2) is 0 Å². The molecule has 1 saturated heterocycles. The van der Waals surface area contributed by atoms with Crippen LogP contribution in [0.15, 0.2) is 44.4 Å². The van der Waals surface area contributed by atoms with Crippen molar-refractivity contribution < 1.29 is 17.6 Å². The number of carbonyl (C=O) groups is 1. The SMILES string of the molecule is O=C(NC1CC1)C1CCCN1S(=O)(=O)c1ccc2oc(=O)ccc2c1. The van der Waals surface area contributed by atoms with Gasteiger partial charge in [-0.15, -0.1) is 0 Å². The van der Waals surface area contributed by atoms with Crippen molar-refractivity contribution in [2.75, 3.05) is 6.54 Å². The van der Waals surface area contributed by atoms with Gasteiger partial charge in [0, 0.05) is 24.0 Å². The minimum absolute atomic E-state index is 0.0972. The molecule has 1 aliphatic carbocycles. The summed E-state index contributed by atoms with van der Waals surface area (Å²) in [4.78, 5) is 23.7. The highest BCUT2D eigenvalue weighted by Crippen LogP contribution is 2.29. The van der Waals surface area contributed by atoms with Gasteiger partial charge in [-0.05, 0) is 49.9 Å². The lowest BCUT2D eigenvalue weighted by atomic mass is 10.2. The first-order valence-electron chi connectivity index (χ1n) is 8.31. The van der Waals surface area contributed by atoms with Gasteiger partial charge < -0.3 is 9.73 Å². The van der Waals surface area contributed by atoms with E-state index in [4.69, 9.17) is 4.42 Å². The van der Waals surface area contributed by atoms with Gasteiger partial charge in [-0.1, -0.05) is 0 Å². The lowest BCUT2D eigenvalue weighted by Gasteiger charge is -2.23. The first-order chi connectivity index (χ1) is 11.9. The van der Waals surface area contributed by atoms with Crippen LogP contribution in [0.1, 0.15) is 25.7 Å². The molecule has 1 aromatic heterocycles. The van der Waals surface area contributed by atoms with Crippen LogP contribution in [-0.2, 0) is 14.8 Å². The van der Waals surface area contributed by atoms with Crippen LogP contribution in [0.3, 0.4) is 0 Å². The molecule has 8 heteroatoms. The van der Waals surface area contributed by atoms with E-state index in [1.165, 1.54) is 34.6 Å². The molecule has 0 bridgehead atoms. The summed E-state index contributed by atoms with van der Waals surface area (Å²) in [6.07, 6.45) is 3.10. The first-order valence-corrected chi connectivity index (χ1v) is 9.75. The molecule has 1 amide bonds. The average Bonchev–Trinajstić information content (AvgIpc) is 3.25. The number of carbonyl (C=O) groups excluding carboxylic acids is 1.